The number of likely N-dealkylation sites (N-methyl/N-ethyl adjacent to an activating group) is 3. The van der Waals surface area contributed by atoms with Crippen molar-refractivity contribution in [2.75, 3.05) is 35.4 Å². The highest BCUT2D eigenvalue weighted by Gasteiger charge is 2.34. The number of hydrogen-bond acceptors (Lipinski definition) is 20. The summed E-state index contributed by atoms with van der Waals surface area (Å²) in [5.74, 6) is 1.57. The van der Waals surface area contributed by atoms with Crippen LogP contribution in [0.25, 0.3) is 18.2 Å². The molecule has 6 amide bonds. The van der Waals surface area contributed by atoms with Crippen molar-refractivity contribution in [3.8, 4) is 46.0 Å². The van der Waals surface area contributed by atoms with E-state index in [2.05, 4.69) is 110 Å². The van der Waals surface area contributed by atoms with Crippen LogP contribution in [0.2, 0.25) is 0 Å². The third kappa shape index (κ3) is 19.8. The Labute approximate surface area is 534 Å². The van der Waals surface area contributed by atoms with Gasteiger partial charge in [0, 0.05) is 71.7 Å². The van der Waals surface area contributed by atoms with Crippen LogP contribution in [0.1, 0.15) is 24.1 Å². The highest BCUT2D eigenvalue weighted by atomic mass is 79.9. The van der Waals surface area contributed by atoms with E-state index in [0.29, 0.717) is 79.0 Å². The second-order valence-electron chi connectivity index (χ2n) is 15.6. The average Bonchev–Trinajstić information content (AvgIpc) is 4.08. The largest absolute Gasteiger partial charge is 0.504 e. The minimum absolute atomic E-state index is 0. The Morgan fingerprint density at radius 2 is 0.805 bits per heavy atom. The summed E-state index contributed by atoms with van der Waals surface area (Å²) >= 11 is 22.1. The van der Waals surface area contributed by atoms with Crippen molar-refractivity contribution < 1.29 is 68.0 Å². The number of halogens is 6. The number of aromatic nitrogens is 3. The number of rotatable bonds is 10. The van der Waals surface area contributed by atoms with Gasteiger partial charge in [-0.1, -0.05) is 55.2 Å². The van der Waals surface area contributed by atoms with Crippen molar-refractivity contribution >= 4 is 198 Å². The van der Waals surface area contributed by atoms with Crippen LogP contribution in [0.15, 0.2) is 138 Å². The number of nitrogens with zero attached hydrogens (tertiary/aromatic N) is 6. The number of amides is 6. The van der Waals surface area contributed by atoms with Gasteiger partial charge in [0.2, 0.25) is 0 Å². The second-order valence-corrected chi connectivity index (χ2v) is 27.6. The first-order valence-electron chi connectivity index (χ1n) is 22.4. The highest BCUT2D eigenvalue weighted by molar-refractivity contribution is 9.69. The molecule has 6 aromatic rings. The smallest absolute Gasteiger partial charge is 0.488 e. The van der Waals surface area contributed by atoms with Crippen molar-refractivity contribution in [1.29, 1.82) is 0 Å². The summed E-state index contributed by atoms with van der Waals surface area (Å²) in [4.78, 5) is 86.1. The van der Waals surface area contributed by atoms with E-state index >= 15 is 0 Å². The van der Waals surface area contributed by atoms with Gasteiger partial charge in [0.25, 0.3) is 33.4 Å². The molecule has 3 aromatic carbocycles. The molecule has 20 nitrogen and oxygen atoms in total. The number of benzene rings is 3. The minimum Gasteiger partial charge on any atom is -0.504 e. The minimum atomic E-state index is -1.38. The highest BCUT2D eigenvalue weighted by Crippen LogP contribution is 2.42. The maximum atomic E-state index is 12.1. The normalized spacial score (nSPS) is 14.9. The van der Waals surface area contributed by atoms with Gasteiger partial charge in [0.1, 0.15) is 11.5 Å². The fourth-order valence-corrected chi connectivity index (χ4v) is 9.92. The van der Waals surface area contributed by atoms with E-state index in [9.17, 15) is 39.0 Å². The molecule has 31 heteroatoms. The van der Waals surface area contributed by atoms with Gasteiger partial charge in [-0.05, 0) is 148 Å². The topological polar surface area (TPSA) is 269 Å². The average molecular weight is 1560 g/mol. The third-order valence-corrected chi connectivity index (χ3v) is 15.2. The Kier molecular flexibility index (Phi) is 27.9. The van der Waals surface area contributed by atoms with Crippen LogP contribution in [-0.4, -0.2) is 129 Å². The number of methoxy groups -OCH3 is 2. The zero-order chi connectivity index (χ0) is 59.7. The van der Waals surface area contributed by atoms with Crippen molar-refractivity contribution in [3.05, 3.63) is 155 Å². The number of ether oxygens (including phenoxy) is 4. The van der Waals surface area contributed by atoms with Crippen LogP contribution in [0.4, 0.5) is 14.4 Å². The van der Waals surface area contributed by atoms with Crippen molar-refractivity contribution in [1.82, 2.24) is 29.7 Å². The van der Waals surface area contributed by atoms with Crippen molar-refractivity contribution in [2.45, 2.75) is 7.43 Å². The number of imide groups is 3. The molecule has 3 saturated heterocycles. The lowest BCUT2D eigenvalue weighted by atomic mass is 9.81. The molecule has 3 aliphatic heterocycles. The van der Waals surface area contributed by atoms with Crippen LogP contribution < -0.4 is 24.4 Å². The number of thioether (sulfide) groups is 3. The number of pyridine rings is 3. The molecular formula is C51H44B2Br6N6O14S3. The summed E-state index contributed by atoms with van der Waals surface area (Å²) in [7, 11) is 5.93. The molecule has 4 N–H and O–H groups in total. The van der Waals surface area contributed by atoms with E-state index in [0.717, 1.165) is 50.0 Å². The molecule has 3 aliphatic rings. The Balaban J connectivity index is 0.000000238. The SMILES string of the molecule is BrB(Br)Br.C.CN1C(=O)S/C(=C\c2cc(Oc3ccncc3)c(O)cc2Br)C1=O.COc1cc(Br)c(/C=C2\SC(=O)N(C)C2=O)cc1O.COc1cc(Br)c(/C=C2\SC(=O)N(C)C2=O)cc1Oc1ccncc1.OB(O)c1ccncc1. The molecule has 0 bridgehead atoms. The lowest BCUT2D eigenvalue weighted by Crippen LogP contribution is -2.29. The Hall–Kier alpha value is -5.47. The summed E-state index contributed by atoms with van der Waals surface area (Å²) in [6, 6.07) is 19.5. The predicted molar refractivity (Wildman–Crippen MR) is 342 cm³/mol. The van der Waals surface area contributed by atoms with Gasteiger partial charge < -0.3 is 39.2 Å². The predicted octanol–water partition coefficient (Wildman–Crippen LogP) is 12.7. The zero-order valence-corrected chi connectivity index (χ0v) is 54.3. The van der Waals surface area contributed by atoms with Crippen LogP contribution >= 0.6 is 130 Å². The van der Waals surface area contributed by atoms with E-state index in [1.807, 2.05) is 0 Å². The lowest BCUT2D eigenvalue weighted by molar-refractivity contribution is -0.122. The fourth-order valence-electron chi connectivity index (χ4n) is 6.15. The number of carbonyl (C=O) groups excluding carboxylic acids is 6. The van der Waals surface area contributed by atoms with Gasteiger partial charge in [-0.2, -0.15) is 0 Å². The molecule has 3 aromatic heterocycles. The second kappa shape index (κ2) is 33.1. The Bertz CT molecular complexity index is 3400. The van der Waals surface area contributed by atoms with E-state index in [4.69, 9.17) is 29.0 Å². The van der Waals surface area contributed by atoms with E-state index in [1.165, 1.54) is 52.8 Å². The van der Waals surface area contributed by atoms with Crippen LogP contribution in [0.3, 0.4) is 0 Å². The van der Waals surface area contributed by atoms with E-state index in [-0.39, 0.29) is 61.3 Å². The Morgan fingerprint density at radius 3 is 1.15 bits per heavy atom. The zero-order valence-electron chi connectivity index (χ0n) is 42.3. The van der Waals surface area contributed by atoms with Gasteiger partial charge in [-0.15, -0.1) is 47.3 Å². The quantitative estimate of drug-likeness (QED) is 0.0733. The molecule has 0 aliphatic carbocycles. The molecule has 9 rings (SSSR count). The Morgan fingerprint density at radius 1 is 0.488 bits per heavy atom. The molecule has 0 unspecified atom stereocenters. The number of hydrogen-bond donors (Lipinski definition) is 4. The standard InChI is InChI=1S/C17H13BrN2O4S.C16H11BrN2O4S.C12H10BrNO4S.C5H6BNO2.CH4.BBr3/c1-20-16(21)15(25-17(20)22)8-10-7-14(13(23-2)9-12(10)18)24-11-3-5-19-6-4-11;1-19-15(21)14(24-16(19)22)7-9-6-13(12(20)8-11(9)17)23-10-2-4-18-5-3-10;1-14-11(16)10(19-12(14)17)4-6-3-8(15)9(18-2)5-7(6)13;8-6(9)5-1-3-7-4-2-5;;2-1(3)4/h3-9H,1-2H3;2-8,20H,1H3;3-5,15H,1-2H3;1-4,8-9H;1H4;/b15-8-;14-7-;10-4-;;;. The molecule has 0 spiro atoms. The molecule has 428 valence electrons. The number of aromatic hydroxyl groups is 2. The molecule has 3 fully saturated rings. The van der Waals surface area contributed by atoms with Gasteiger partial charge >= 0.3 is 10.3 Å². The first-order chi connectivity index (χ1) is 38.4. The van der Waals surface area contributed by atoms with Gasteiger partial charge in [-0.3, -0.25) is 58.4 Å². The van der Waals surface area contributed by atoms with Crippen LogP contribution in [0, 0.1) is 0 Å². The number of carbonyl (C=O) groups is 6. The van der Waals surface area contributed by atoms with Gasteiger partial charge in [-0.25, -0.2) is 0 Å². The molecule has 82 heavy (non-hydrogen) atoms. The summed E-state index contributed by atoms with van der Waals surface area (Å²) in [6.07, 6.45) is 14.2. The number of phenolic OH excluding ortho intramolecular Hbond substituents is 2. The summed E-state index contributed by atoms with van der Waals surface area (Å²) < 4.78 is 24.0. The molecule has 0 radical (unpaired) electrons. The van der Waals surface area contributed by atoms with E-state index < -0.39 is 7.12 Å². The lowest BCUT2D eigenvalue weighted by Gasteiger charge is -2.12. The monoisotopic (exact) mass is 1560 g/mol. The maximum absolute atomic E-state index is 12.1. The van der Waals surface area contributed by atoms with E-state index in [1.54, 1.807) is 111 Å². The van der Waals surface area contributed by atoms with Crippen LogP contribution in [0.5, 0.6) is 46.0 Å². The fraction of sp³-hybridized carbons (Fsp3) is 0.118. The first-order valence-corrected chi connectivity index (χ1v) is 30.0. The summed E-state index contributed by atoms with van der Waals surface area (Å²) in [6.45, 7) is 0. The van der Waals surface area contributed by atoms with Crippen molar-refractivity contribution in [2.24, 2.45) is 0 Å². The summed E-state index contributed by atoms with van der Waals surface area (Å²) in [5.41, 5.74) is 2.36. The first kappa shape index (κ1) is 69.0. The molecule has 0 atom stereocenters. The van der Waals surface area contributed by atoms with Crippen LogP contribution in [-0.2, 0) is 14.4 Å². The molecular weight excluding hydrogens is 1520 g/mol. The van der Waals surface area contributed by atoms with Crippen molar-refractivity contribution in [3.63, 3.8) is 0 Å². The summed E-state index contributed by atoms with van der Waals surface area (Å²) in [5, 5.41) is 35.9. The van der Waals surface area contributed by atoms with Gasteiger partial charge in [0.15, 0.2) is 34.5 Å². The molecule has 6 heterocycles. The molecule has 0 saturated carbocycles. The van der Waals surface area contributed by atoms with Gasteiger partial charge in [0.05, 0.1) is 28.9 Å². The maximum Gasteiger partial charge on any atom is 0.488 e. The third-order valence-electron chi connectivity index (χ3n) is 10.2. The number of phenols is 2.